The monoisotopic (exact) mass is 359 g/mol. The number of para-hydroxylation sites is 1. The van der Waals surface area contributed by atoms with E-state index in [1.54, 1.807) is 24.3 Å². The number of carbonyl (C=O) groups excluding carboxylic acids is 2. The third-order valence-corrected chi connectivity index (χ3v) is 4.97. The first-order chi connectivity index (χ1) is 11.5. The number of hydrazine groups is 1. The SMILES string of the molecule is Cc1ccc2c(Cl)c(C(=O)NNC(=O)Nc3ccccc3)sc2c1. The summed E-state index contributed by atoms with van der Waals surface area (Å²) in [7, 11) is 0. The number of amides is 3. The summed E-state index contributed by atoms with van der Waals surface area (Å²) in [4.78, 5) is 24.4. The zero-order valence-electron chi connectivity index (χ0n) is 12.7. The molecule has 0 bridgehead atoms. The molecule has 0 aliphatic carbocycles. The average molecular weight is 360 g/mol. The molecule has 0 aliphatic heterocycles. The van der Waals surface area contributed by atoms with Gasteiger partial charge in [-0.1, -0.05) is 41.9 Å². The van der Waals surface area contributed by atoms with Crippen LogP contribution in [0.3, 0.4) is 0 Å². The lowest BCUT2D eigenvalue weighted by Gasteiger charge is -2.08. The van der Waals surface area contributed by atoms with Crippen LogP contribution in [-0.2, 0) is 0 Å². The topological polar surface area (TPSA) is 70.2 Å². The number of thiophene rings is 1. The average Bonchev–Trinajstić information content (AvgIpc) is 2.90. The number of rotatable bonds is 2. The number of hydrogen-bond donors (Lipinski definition) is 3. The quantitative estimate of drug-likeness (QED) is 0.596. The Bertz CT molecular complexity index is 909. The molecule has 0 saturated heterocycles. The van der Waals surface area contributed by atoms with Gasteiger partial charge in [-0.3, -0.25) is 10.2 Å². The Kier molecular flexibility index (Phi) is 4.69. The van der Waals surface area contributed by atoms with E-state index in [1.165, 1.54) is 11.3 Å². The molecule has 0 radical (unpaired) electrons. The highest BCUT2D eigenvalue weighted by Crippen LogP contribution is 2.35. The molecule has 0 saturated carbocycles. The highest BCUT2D eigenvalue weighted by molar-refractivity contribution is 7.21. The Morgan fingerprint density at radius 3 is 2.54 bits per heavy atom. The second-order valence-electron chi connectivity index (χ2n) is 5.14. The van der Waals surface area contributed by atoms with Gasteiger partial charge < -0.3 is 5.32 Å². The van der Waals surface area contributed by atoms with Crippen molar-refractivity contribution in [2.24, 2.45) is 0 Å². The normalized spacial score (nSPS) is 10.4. The van der Waals surface area contributed by atoms with Gasteiger partial charge in [-0.15, -0.1) is 11.3 Å². The van der Waals surface area contributed by atoms with Gasteiger partial charge in [-0.05, 0) is 30.7 Å². The number of fused-ring (bicyclic) bond motifs is 1. The highest BCUT2D eigenvalue weighted by atomic mass is 35.5. The van der Waals surface area contributed by atoms with Crippen LogP contribution in [0, 0.1) is 6.92 Å². The smallest absolute Gasteiger partial charge is 0.307 e. The number of nitrogens with one attached hydrogen (secondary N) is 3. The summed E-state index contributed by atoms with van der Waals surface area (Å²) in [5.74, 6) is -0.456. The first kappa shape index (κ1) is 16.3. The van der Waals surface area contributed by atoms with E-state index >= 15 is 0 Å². The summed E-state index contributed by atoms with van der Waals surface area (Å²) in [5, 5.41) is 3.82. The molecule has 1 aromatic heterocycles. The van der Waals surface area contributed by atoms with Crippen molar-refractivity contribution in [3.8, 4) is 0 Å². The van der Waals surface area contributed by atoms with Crippen LogP contribution in [0.1, 0.15) is 15.2 Å². The molecule has 0 fully saturated rings. The van der Waals surface area contributed by atoms with Crippen molar-refractivity contribution in [1.29, 1.82) is 0 Å². The molecule has 0 unspecified atom stereocenters. The molecule has 3 rings (SSSR count). The summed E-state index contributed by atoms with van der Waals surface area (Å²) >= 11 is 7.56. The maximum atomic E-state index is 12.2. The molecule has 0 aliphatic rings. The second-order valence-corrected chi connectivity index (χ2v) is 6.57. The third kappa shape index (κ3) is 3.50. The zero-order chi connectivity index (χ0) is 17.1. The molecule has 1 heterocycles. The fourth-order valence-corrected chi connectivity index (χ4v) is 3.68. The van der Waals surface area contributed by atoms with Crippen molar-refractivity contribution in [3.05, 3.63) is 64.0 Å². The van der Waals surface area contributed by atoms with Gasteiger partial charge >= 0.3 is 6.03 Å². The number of anilines is 1. The molecule has 24 heavy (non-hydrogen) atoms. The van der Waals surface area contributed by atoms with Crippen LogP contribution in [0.5, 0.6) is 0 Å². The van der Waals surface area contributed by atoms with E-state index in [4.69, 9.17) is 11.6 Å². The van der Waals surface area contributed by atoms with E-state index in [-0.39, 0.29) is 0 Å². The largest absolute Gasteiger partial charge is 0.337 e. The molecule has 3 N–H and O–H groups in total. The van der Waals surface area contributed by atoms with E-state index in [0.717, 1.165) is 15.6 Å². The molecular formula is C17H14ClN3O2S. The predicted molar refractivity (Wildman–Crippen MR) is 97.6 cm³/mol. The van der Waals surface area contributed by atoms with Gasteiger partial charge in [-0.2, -0.15) is 0 Å². The van der Waals surface area contributed by atoms with Crippen LogP contribution in [-0.4, -0.2) is 11.9 Å². The van der Waals surface area contributed by atoms with Crippen LogP contribution in [0.25, 0.3) is 10.1 Å². The fourth-order valence-electron chi connectivity index (χ4n) is 2.17. The molecule has 3 amide bonds. The van der Waals surface area contributed by atoms with Crippen molar-refractivity contribution in [1.82, 2.24) is 10.9 Å². The van der Waals surface area contributed by atoms with Crippen LogP contribution >= 0.6 is 22.9 Å². The Morgan fingerprint density at radius 2 is 1.79 bits per heavy atom. The van der Waals surface area contributed by atoms with E-state index < -0.39 is 11.9 Å². The maximum Gasteiger partial charge on any atom is 0.337 e. The second kappa shape index (κ2) is 6.90. The lowest BCUT2D eigenvalue weighted by molar-refractivity contribution is 0.0942. The lowest BCUT2D eigenvalue weighted by atomic mass is 10.2. The van der Waals surface area contributed by atoms with Crippen molar-refractivity contribution >= 4 is 50.6 Å². The third-order valence-electron chi connectivity index (χ3n) is 3.31. The zero-order valence-corrected chi connectivity index (χ0v) is 14.3. The van der Waals surface area contributed by atoms with Gasteiger partial charge in [0.25, 0.3) is 5.91 Å². The minimum absolute atomic E-state index is 0.359. The van der Waals surface area contributed by atoms with Gasteiger partial charge in [0.2, 0.25) is 0 Å². The number of benzene rings is 2. The van der Waals surface area contributed by atoms with Crippen molar-refractivity contribution in [2.45, 2.75) is 6.92 Å². The Hall–Kier alpha value is -2.57. The standard InChI is InChI=1S/C17H14ClN3O2S/c1-10-7-8-12-13(9-10)24-15(14(12)18)16(22)20-21-17(23)19-11-5-3-2-4-6-11/h2-9H,1H3,(H,20,22)(H2,19,21,23). The molecule has 122 valence electrons. The van der Waals surface area contributed by atoms with Crippen LogP contribution in [0.4, 0.5) is 10.5 Å². The Labute approximate surface area is 147 Å². The number of hydrogen-bond acceptors (Lipinski definition) is 3. The van der Waals surface area contributed by atoms with E-state index in [0.29, 0.717) is 15.6 Å². The molecule has 3 aromatic rings. The first-order valence-corrected chi connectivity index (χ1v) is 8.35. The Balaban J connectivity index is 1.67. The van der Waals surface area contributed by atoms with Gasteiger partial charge in [0.1, 0.15) is 4.88 Å². The van der Waals surface area contributed by atoms with Crippen LogP contribution in [0.2, 0.25) is 5.02 Å². The fraction of sp³-hybridized carbons (Fsp3) is 0.0588. The molecule has 5 nitrogen and oxygen atoms in total. The van der Waals surface area contributed by atoms with Crippen LogP contribution < -0.4 is 16.2 Å². The van der Waals surface area contributed by atoms with Crippen molar-refractivity contribution < 1.29 is 9.59 Å². The summed E-state index contributed by atoms with van der Waals surface area (Å²) in [6.45, 7) is 1.97. The number of halogens is 1. The molecule has 2 aromatic carbocycles. The van der Waals surface area contributed by atoms with Gasteiger partial charge in [-0.25, -0.2) is 10.2 Å². The molecule has 0 spiro atoms. The predicted octanol–water partition coefficient (Wildman–Crippen LogP) is 4.33. The molecular weight excluding hydrogens is 346 g/mol. The minimum atomic E-state index is -0.539. The van der Waals surface area contributed by atoms with E-state index in [1.807, 2.05) is 31.2 Å². The van der Waals surface area contributed by atoms with Gasteiger partial charge in [0, 0.05) is 15.8 Å². The van der Waals surface area contributed by atoms with Gasteiger partial charge in [0.15, 0.2) is 0 Å². The maximum absolute atomic E-state index is 12.2. The summed E-state index contributed by atoms with van der Waals surface area (Å²) in [6, 6.07) is 14.2. The molecule has 7 heteroatoms. The highest BCUT2D eigenvalue weighted by Gasteiger charge is 2.17. The van der Waals surface area contributed by atoms with E-state index in [9.17, 15) is 9.59 Å². The lowest BCUT2D eigenvalue weighted by Crippen LogP contribution is -2.43. The first-order valence-electron chi connectivity index (χ1n) is 7.15. The number of carbonyl (C=O) groups is 2. The summed E-state index contributed by atoms with van der Waals surface area (Å²) < 4.78 is 0.930. The minimum Gasteiger partial charge on any atom is -0.307 e. The number of aryl methyl sites for hydroxylation is 1. The summed E-state index contributed by atoms with van der Waals surface area (Å²) in [5.41, 5.74) is 6.39. The van der Waals surface area contributed by atoms with Crippen LogP contribution in [0.15, 0.2) is 48.5 Å². The van der Waals surface area contributed by atoms with Crippen molar-refractivity contribution in [3.63, 3.8) is 0 Å². The number of urea groups is 1. The van der Waals surface area contributed by atoms with E-state index in [2.05, 4.69) is 16.2 Å². The summed E-state index contributed by atoms with van der Waals surface area (Å²) in [6.07, 6.45) is 0. The molecule has 0 atom stereocenters. The van der Waals surface area contributed by atoms with Crippen molar-refractivity contribution in [2.75, 3.05) is 5.32 Å². The van der Waals surface area contributed by atoms with Gasteiger partial charge in [0.05, 0.1) is 5.02 Å². The Morgan fingerprint density at radius 1 is 1.04 bits per heavy atom.